The molecule has 1 fully saturated rings. The van der Waals surface area contributed by atoms with Gasteiger partial charge in [0.15, 0.2) is 11.5 Å². The van der Waals surface area contributed by atoms with Crippen LogP contribution in [-0.2, 0) is 0 Å². The van der Waals surface area contributed by atoms with Gasteiger partial charge in [0.25, 0.3) is 0 Å². The van der Waals surface area contributed by atoms with Gasteiger partial charge in [0, 0.05) is 36.4 Å². The molecule has 144 valence electrons. The highest BCUT2D eigenvalue weighted by Crippen LogP contribution is 2.39. The van der Waals surface area contributed by atoms with Crippen LogP contribution in [0.3, 0.4) is 0 Å². The van der Waals surface area contributed by atoms with Crippen molar-refractivity contribution in [2.45, 2.75) is 19.4 Å². The van der Waals surface area contributed by atoms with Crippen molar-refractivity contribution in [2.75, 3.05) is 24.8 Å². The Labute approximate surface area is 166 Å². The van der Waals surface area contributed by atoms with Gasteiger partial charge in [-0.3, -0.25) is 0 Å². The molecule has 0 spiro atoms. The van der Waals surface area contributed by atoms with Gasteiger partial charge >= 0.3 is 0 Å². The fraction of sp³-hybridized carbons (Fsp3) is 0.350. The highest BCUT2D eigenvalue weighted by atomic mass is 32.1. The molecular formula is C20H20N4O3S. The lowest BCUT2D eigenvalue weighted by molar-refractivity contribution is 0.0966. The molecule has 28 heavy (non-hydrogen) atoms. The molecule has 0 amide bonds. The summed E-state index contributed by atoms with van der Waals surface area (Å²) >= 11 is 1.55. The average molecular weight is 396 g/mol. The second kappa shape index (κ2) is 7.03. The molecule has 8 heteroatoms. The van der Waals surface area contributed by atoms with Crippen LogP contribution in [0.15, 0.2) is 36.0 Å². The first-order chi connectivity index (χ1) is 13.7. The van der Waals surface area contributed by atoms with Crippen LogP contribution in [0.2, 0.25) is 0 Å². The highest BCUT2D eigenvalue weighted by molar-refractivity contribution is 7.13. The van der Waals surface area contributed by atoms with Crippen molar-refractivity contribution < 1.29 is 14.6 Å². The minimum atomic E-state index is -0.261. The standard InChI is InChI=1S/C20H20N4O3S/c1-12-10-24(6-4-15(12)25)20-22-9-14(18(23-20)19-21-5-7-28-19)13-2-3-16-17(8-13)27-11-26-16/h2-3,5,7-9,12,15,25H,4,6,10-11H2,1H3/t12-,15-/m0/s1. The maximum atomic E-state index is 10.0. The first-order valence-corrected chi connectivity index (χ1v) is 10.2. The number of aromatic nitrogens is 3. The van der Waals surface area contributed by atoms with Crippen molar-refractivity contribution in [2.24, 2.45) is 5.92 Å². The summed E-state index contributed by atoms with van der Waals surface area (Å²) in [5.74, 6) is 2.34. The molecular weight excluding hydrogens is 376 g/mol. The van der Waals surface area contributed by atoms with Gasteiger partial charge in [-0.2, -0.15) is 0 Å². The van der Waals surface area contributed by atoms with Gasteiger partial charge in [0.05, 0.1) is 6.10 Å². The number of hydrogen-bond donors (Lipinski definition) is 1. The number of nitrogens with zero attached hydrogens (tertiary/aromatic N) is 4. The molecule has 0 saturated carbocycles. The Morgan fingerprint density at radius 2 is 2.11 bits per heavy atom. The predicted molar refractivity (Wildman–Crippen MR) is 107 cm³/mol. The normalized spacial score (nSPS) is 21.1. The molecule has 4 heterocycles. The van der Waals surface area contributed by atoms with Crippen LogP contribution < -0.4 is 14.4 Å². The van der Waals surface area contributed by atoms with Crippen molar-refractivity contribution in [3.8, 4) is 33.3 Å². The van der Waals surface area contributed by atoms with Gasteiger partial charge in [-0.05, 0) is 30.0 Å². The Kier molecular flexibility index (Phi) is 4.37. The summed E-state index contributed by atoms with van der Waals surface area (Å²) in [6.45, 7) is 3.78. The van der Waals surface area contributed by atoms with Gasteiger partial charge in [0.2, 0.25) is 12.7 Å². The van der Waals surface area contributed by atoms with E-state index in [4.69, 9.17) is 14.5 Å². The zero-order valence-corrected chi connectivity index (χ0v) is 16.2. The smallest absolute Gasteiger partial charge is 0.231 e. The van der Waals surface area contributed by atoms with Gasteiger partial charge in [-0.1, -0.05) is 13.0 Å². The largest absolute Gasteiger partial charge is 0.454 e. The minimum absolute atomic E-state index is 0.189. The summed E-state index contributed by atoms with van der Waals surface area (Å²) in [4.78, 5) is 16.1. The highest BCUT2D eigenvalue weighted by Gasteiger charge is 2.27. The monoisotopic (exact) mass is 396 g/mol. The maximum Gasteiger partial charge on any atom is 0.231 e. The number of thiazole rings is 1. The number of aliphatic hydroxyl groups excluding tert-OH is 1. The average Bonchev–Trinajstić information content (AvgIpc) is 3.41. The second-order valence-electron chi connectivity index (χ2n) is 7.12. The topological polar surface area (TPSA) is 80.6 Å². The van der Waals surface area contributed by atoms with E-state index in [0.717, 1.165) is 52.8 Å². The fourth-order valence-corrected chi connectivity index (χ4v) is 4.26. The van der Waals surface area contributed by atoms with Gasteiger partial charge in [0.1, 0.15) is 10.7 Å². The lowest BCUT2D eigenvalue weighted by Crippen LogP contribution is -2.42. The van der Waals surface area contributed by atoms with Crippen LogP contribution in [0, 0.1) is 5.92 Å². The van der Waals surface area contributed by atoms with E-state index in [2.05, 4.69) is 21.8 Å². The summed E-state index contributed by atoms with van der Waals surface area (Å²) < 4.78 is 10.9. The number of aliphatic hydroxyl groups is 1. The van der Waals surface area contributed by atoms with Crippen LogP contribution in [0.5, 0.6) is 11.5 Å². The van der Waals surface area contributed by atoms with Crippen LogP contribution in [0.1, 0.15) is 13.3 Å². The third-order valence-corrected chi connectivity index (χ3v) is 6.02. The Balaban J connectivity index is 1.56. The lowest BCUT2D eigenvalue weighted by atomic mass is 9.97. The number of piperidine rings is 1. The molecule has 7 nitrogen and oxygen atoms in total. The van der Waals surface area contributed by atoms with Crippen molar-refractivity contribution in [3.63, 3.8) is 0 Å². The number of hydrogen-bond acceptors (Lipinski definition) is 8. The zero-order valence-electron chi connectivity index (χ0n) is 15.4. The van der Waals surface area contributed by atoms with Crippen LogP contribution >= 0.6 is 11.3 Å². The molecule has 2 aromatic heterocycles. The van der Waals surface area contributed by atoms with E-state index < -0.39 is 0 Å². The summed E-state index contributed by atoms with van der Waals surface area (Å²) in [7, 11) is 0. The summed E-state index contributed by atoms with van der Waals surface area (Å²) in [6.07, 6.45) is 4.10. The number of anilines is 1. The molecule has 3 aromatic rings. The summed E-state index contributed by atoms with van der Waals surface area (Å²) in [5.41, 5.74) is 2.67. The molecule has 0 radical (unpaired) electrons. The Bertz CT molecular complexity index is 995. The van der Waals surface area contributed by atoms with Crippen LogP contribution in [0.25, 0.3) is 21.8 Å². The molecule has 1 N–H and O–H groups in total. The first kappa shape index (κ1) is 17.4. The zero-order chi connectivity index (χ0) is 19.1. The maximum absolute atomic E-state index is 10.0. The van der Waals surface area contributed by atoms with Crippen molar-refractivity contribution in [3.05, 3.63) is 36.0 Å². The first-order valence-electron chi connectivity index (χ1n) is 9.29. The third-order valence-electron chi connectivity index (χ3n) is 5.24. The molecule has 2 aliphatic rings. The number of rotatable bonds is 3. The Morgan fingerprint density at radius 3 is 2.93 bits per heavy atom. The number of benzene rings is 1. The molecule has 1 saturated heterocycles. The summed E-state index contributed by atoms with van der Waals surface area (Å²) in [6, 6.07) is 5.85. The SMILES string of the molecule is C[C@H]1CN(c2ncc(-c3ccc4c(c3)OCO4)c(-c3nccs3)n2)CC[C@@H]1O. The minimum Gasteiger partial charge on any atom is -0.454 e. The molecule has 2 aliphatic heterocycles. The van der Waals surface area contributed by atoms with Gasteiger partial charge < -0.3 is 19.5 Å². The molecule has 1 aromatic carbocycles. The van der Waals surface area contributed by atoms with E-state index >= 15 is 0 Å². The van der Waals surface area contributed by atoms with E-state index in [9.17, 15) is 5.11 Å². The lowest BCUT2D eigenvalue weighted by Gasteiger charge is -2.34. The number of ether oxygens (including phenoxy) is 2. The Morgan fingerprint density at radius 1 is 1.21 bits per heavy atom. The molecule has 0 aliphatic carbocycles. The van der Waals surface area contributed by atoms with Crippen molar-refractivity contribution >= 4 is 17.3 Å². The predicted octanol–water partition coefficient (Wildman–Crippen LogP) is 3.20. The van der Waals surface area contributed by atoms with Crippen molar-refractivity contribution in [1.82, 2.24) is 15.0 Å². The fourth-order valence-electron chi connectivity index (χ4n) is 3.62. The van der Waals surface area contributed by atoms with Gasteiger partial charge in [-0.15, -0.1) is 11.3 Å². The van der Waals surface area contributed by atoms with E-state index in [1.165, 1.54) is 0 Å². The third kappa shape index (κ3) is 3.08. The summed E-state index contributed by atoms with van der Waals surface area (Å²) in [5, 5.41) is 12.8. The molecule has 5 rings (SSSR count). The van der Waals surface area contributed by atoms with Crippen LogP contribution in [-0.4, -0.2) is 46.0 Å². The van der Waals surface area contributed by atoms with Gasteiger partial charge in [-0.25, -0.2) is 15.0 Å². The van der Waals surface area contributed by atoms with E-state index in [1.54, 1.807) is 17.5 Å². The quantitative estimate of drug-likeness (QED) is 0.728. The van der Waals surface area contributed by atoms with Crippen LogP contribution in [0.4, 0.5) is 5.95 Å². The molecule has 0 unspecified atom stereocenters. The van der Waals surface area contributed by atoms with Crippen molar-refractivity contribution in [1.29, 1.82) is 0 Å². The molecule has 2 atom stereocenters. The number of fused-ring (bicyclic) bond motifs is 1. The van der Waals surface area contributed by atoms with E-state index in [1.807, 2.05) is 29.8 Å². The second-order valence-corrected chi connectivity index (χ2v) is 8.01. The van der Waals surface area contributed by atoms with E-state index in [-0.39, 0.29) is 18.8 Å². The Hall–Kier alpha value is -2.71. The molecule has 0 bridgehead atoms. The van der Waals surface area contributed by atoms with E-state index in [0.29, 0.717) is 5.95 Å².